The number of piperidine rings is 1. The van der Waals surface area contributed by atoms with Crippen LogP contribution in [0.2, 0.25) is 0 Å². The largest absolute Gasteiger partial charge is 0.490 e. The lowest BCUT2D eigenvalue weighted by Gasteiger charge is -2.37. The van der Waals surface area contributed by atoms with Crippen molar-refractivity contribution < 1.29 is 55.4 Å². The molecule has 1 amide bonds. The van der Waals surface area contributed by atoms with Crippen molar-refractivity contribution >= 4 is 17.8 Å². The minimum absolute atomic E-state index is 0.151. The first-order valence-corrected chi connectivity index (χ1v) is 12.3. The molecule has 39 heavy (non-hydrogen) atoms. The molecule has 0 saturated carbocycles. The summed E-state index contributed by atoms with van der Waals surface area (Å²) in [5.41, 5.74) is 0.746. The minimum atomic E-state index is -5.08. The van der Waals surface area contributed by atoms with Gasteiger partial charge in [-0.15, -0.1) is 0 Å². The van der Waals surface area contributed by atoms with Gasteiger partial charge in [-0.2, -0.15) is 26.3 Å². The first-order chi connectivity index (χ1) is 17.9. The Morgan fingerprint density at radius 1 is 0.974 bits per heavy atom. The number of likely N-dealkylation sites (tertiary alicyclic amines) is 3. The number of likely N-dealkylation sites (N-methyl/N-ethyl adjacent to an activating group) is 1. The number of carbonyl (C=O) groups is 3. The quantitative estimate of drug-likeness (QED) is 0.525. The lowest BCUT2D eigenvalue weighted by atomic mass is 9.91. The molecule has 3 aliphatic heterocycles. The maximum absolute atomic E-state index is 12.9. The Morgan fingerprint density at radius 2 is 1.49 bits per heavy atom. The summed E-state index contributed by atoms with van der Waals surface area (Å²) in [7, 11) is 2.30. The molecular formula is C24H33F6N3O6. The number of furan rings is 1. The molecule has 3 atom stereocenters. The number of carboxylic acid groups (broad SMARTS) is 2. The highest BCUT2D eigenvalue weighted by atomic mass is 19.4. The number of carboxylic acids is 2. The van der Waals surface area contributed by atoms with E-state index in [4.69, 9.17) is 24.2 Å². The number of rotatable bonds is 3. The van der Waals surface area contributed by atoms with E-state index in [9.17, 15) is 31.1 Å². The zero-order valence-corrected chi connectivity index (χ0v) is 21.8. The van der Waals surface area contributed by atoms with Crippen LogP contribution in [0.15, 0.2) is 10.5 Å². The molecule has 0 aromatic carbocycles. The van der Waals surface area contributed by atoms with Gasteiger partial charge in [0.2, 0.25) is 0 Å². The summed E-state index contributed by atoms with van der Waals surface area (Å²) in [4.78, 5) is 38.0. The maximum Gasteiger partial charge on any atom is 0.490 e. The average molecular weight is 574 g/mol. The third kappa shape index (κ3) is 9.12. The molecule has 0 bridgehead atoms. The number of fused-ring (bicyclic) bond motifs is 1. The Morgan fingerprint density at radius 3 is 1.92 bits per heavy atom. The monoisotopic (exact) mass is 573 g/mol. The Balaban J connectivity index is 0.000000317. The molecule has 2 N–H and O–H groups in total. The van der Waals surface area contributed by atoms with Crippen LogP contribution in [0.1, 0.15) is 47.6 Å². The Bertz CT molecular complexity index is 981. The van der Waals surface area contributed by atoms with Gasteiger partial charge in [0.05, 0.1) is 5.56 Å². The van der Waals surface area contributed by atoms with Crippen LogP contribution in [0.5, 0.6) is 0 Å². The van der Waals surface area contributed by atoms with E-state index in [2.05, 4.69) is 21.7 Å². The van der Waals surface area contributed by atoms with Crippen LogP contribution in [0, 0.1) is 19.8 Å². The van der Waals surface area contributed by atoms with Crippen molar-refractivity contribution in [2.24, 2.45) is 5.92 Å². The topological polar surface area (TPSA) is 115 Å². The molecule has 0 spiro atoms. The van der Waals surface area contributed by atoms with Crippen LogP contribution in [-0.4, -0.2) is 107 Å². The number of aryl methyl sites for hydroxylation is 2. The van der Waals surface area contributed by atoms with Crippen molar-refractivity contribution in [3.63, 3.8) is 0 Å². The minimum Gasteiger partial charge on any atom is -0.475 e. The van der Waals surface area contributed by atoms with Crippen LogP contribution < -0.4 is 0 Å². The van der Waals surface area contributed by atoms with Crippen LogP contribution in [0.4, 0.5) is 26.3 Å². The van der Waals surface area contributed by atoms with Gasteiger partial charge in [0.15, 0.2) is 0 Å². The number of hydrogen-bond acceptors (Lipinski definition) is 6. The van der Waals surface area contributed by atoms with E-state index < -0.39 is 24.3 Å². The molecular weight excluding hydrogens is 540 g/mol. The Hall–Kier alpha value is -2.81. The molecule has 15 heteroatoms. The third-order valence-electron chi connectivity index (χ3n) is 7.08. The van der Waals surface area contributed by atoms with Crippen molar-refractivity contribution in [1.29, 1.82) is 0 Å². The van der Waals surface area contributed by atoms with E-state index in [1.165, 1.54) is 38.9 Å². The smallest absolute Gasteiger partial charge is 0.475 e. The van der Waals surface area contributed by atoms with Gasteiger partial charge in [0, 0.05) is 31.7 Å². The molecule has 1 aromatic heterocycles. The van der Waals surface area contributed by atoms with E-state index in [0.29, 0.717) is 18.0 Å². The third-order valence-corrected chi connectivity index (χ3v) is 7.08. The predicted molar refractivity (Wildman–Crippen MR) is 125 cm³/mol. The number of amides is 1. The number of carbonyl (C=O) groups excluding carboxylic acids is 1. The first kappa shape index (κ1) is 32.4. The summed E-state index contributed by atoms with van der Waals surface area (Å²) in [5, 5.41) is 14.2. The summed E-state index contributed by atoms with van der Waals surface area (Å²) < 4.78 is 69.0. The van der Waals surface area contributed by atoms with Gasteiger partial charge in [0.1, 0.15) is 11.5 Å². The van der Waals surface area contributed by atoms with Gasteiger partial charge in [0.25, 0.3) is 5.91 Å². The van der Waals surface area contributed by atoms with Crippen molar-refractivity contribution in [1.82, 2.24) is 14.7 Å². The molecule has 3 fully saturated rings. The Labute approximate surface area is 221 Å². The molecule has 4 rings (SSSR count). The molecule has 3 aliphatic rings. The zero-order chi connectivity index (χ0) is 29.7. The standard InChI is InChI=1S/C20H31N3O2.2C2HF3O2/c1-14-10-18(15(2)25-14)20(24)23-9-6-19-16(12-23)11-17(21(19)3)13-22-7-4-5-8-22;2*3-2(4,5)1(6)7/h10,16-17,19H,4-9,11-13H2,1-3H3;2*(H,6,7)/t16-,17+,19+;;/m1../s1. The fourth-order valence-electron chi connectivity index (χ4n) is 5.24. The normalized spacial score (nSPS) is 23.8. The highest BCUT2D eigenvalue weighted by Crippen LogP contribution is 2.36. The number of alkyl halides is 6. The van der Waals surface area contributed by atoms with Crippen molar-refractivity contribution in [2.45, 2.75) is 64.0 Å². The van der Waals surface area contributed by atoms with Crippen molar-refractivity contribution in [2.75, 3.05) is 39.8 Å². The number of aliphatic carboxylic acids is 2. The fraction of sp³-hybridized carbons (Fsp3) is 0.708. The molecule has 4 heterocycles. The fourth-order valence-corrected chi connectivity index (χ4v) is 5.24. The molecule has 3 saturated heterocycles. The van der Waals surface area contributed by atoms with Gasteiger partial charge in [-0.05, 0) is 71.7 Å². The highest BCUT2D eigenvalue weighted by Gasteiger charge is 2.44. The summed E-state index contributed by atoms with van der Waals surface area (Å²) in [6.45, 7) is 9.30. The molecule has 0 radical (unpaired) electrons. The van der Waals surface area contributed by atoms with Crippen LogP contribution >= 0.6 is 0 Å². The van der Waals surface area contributed by atoms with Crippen molar-refractivity contribution in [3.05, 3.63) is 23.2 Å². The lowest BCUT2D eigenvalue weighted by molar-refractivity contribution is -0.193. The number of hydrogen-bond donors (Lipinski definition) is 2. The van der Waals surface area contributed by atoms with Crippen molar-refractivity contribution in [3.8, 4) is 0 Å². The number of halogens is 6. The van der Waals surface area contributed by atoms with Gasteiger partial charge in [-0.1, -0.05) is 0 Å². The van der Waals surface area contributed by atoms with E-state index in [1.807, 2.05) is 19.9 Å². The molecule has 1 aromatic rings. The molecule has 0 aliphatic carbocycles. The van der Waals surface area contributed by atoms with E-state index in [0.717, 1.165) is 36.6 Å². The predicted octanol–water partition coefficient (Wildman–Crippen LogP) is 3.79. The van der Waals surface area contributed by atoms with E-state index >= 15 is 0 Å². The SMILES string of the molecule is Cc1cc(C(=O)N2CC[C@H]3[C@H](C[C@@H](CN4CCCC4)N3C)C2)c(C)o1.O=C(O)C(F)(F)F.O=C(O)C(F)(F)F. The molecule has 0 unspecified atom stereocenters. The van der Waals surface area contributed by atoms with E-state index in [1.54, 1.807) is 0 Å². The summed E-state index contributed by atoms with van der Waals surface area (Å²) in [6, 6.07) is 3.19. The Kier molecular flexibility index (Phi) is 10.8. The second-order valence-electron chi connectivity index (χ2n) is 9.86. The van der Waals surface area contributed by atoms with Gasteiger partial charge in [-0.3, -0.25) is 9.69 Å². The average Bonchev–Trinajstić information content (AvgIpc) is 3.53. The highest BCUT2D eigenvalue weighted by molar-refractivity contribution is 5.95. The van der Waals surface area contributed by atoms with Gasteiger partial charge in [-0.25, -0.2) is 9.59 Å². The summed E-state index contributed by atoms with van der Waals surface area (Å²) in [5.74, 6) is -3.18. The second kappa shape index (κ2) is 13.0. The number of nitrogens with zero attached hydrogens (tertiary/aromatic N) is 3. The van der Waals surface area contributed by atoms with Crippen LogP contribution in [0.3, 0.4) is 0 Å². The van der Waals surface area contributed by atoms with Crippen LogP contribution in [0.25, 0.3) is 0 Å². The molecule has 222 valence electrons. The van der Waals surface area contributed by atoms with E-state index in [-0.39, 0.29) is 5.91 Å². The zero-order valence-electron chi connectivity index (χ0n) is 21.8. The maximum atomic E-state index is 12.9. The van der Waals surface area contributed by atoms with Gasteiger partial charge < -0.3 is 24.4 Å². The molecule has 9 nitrogen and oxygen atoms in total. The first-order valence-electron chi connectivity index (χ1n) is 12.3. The lowest BCUT2D eigenvalue weighted by Crippen LogP contribution is -2.48. The summed E-state index contributed by atoms with van der Waals surface area (Å²) >= 11 is 0. The van der Waals surface area contributed by atoms with Gasteiger partial charge >= 0.3 is 24.3 Å². The second-order valence-corrected chi connectivity index (χ2v) is 9.86. The van der Waals surface area contributed by atoms with Crippen LogP contribution in [-0.2, 0) is 9.59 Å². The summed E-state index contributed by atoms with van der Waals surface area (Å²) in [6.07, 6.45) is -5.13.